The van der Waals surface area contributed by atoms with Crippen molar-refractivity contribution in [3.8, 4) is 0 Å². The standard InChI is InChI=1S/C13H21N3O/c1-10(14)12-2-3-13(15-8-12)16-6-4-11(9-16)5-7-17/h2-3,8,10-11,17H,4-7,9,14H2,1H3/t10-,11?/m1/s1. The minimum absolute atomic E-state index is 0.0391. The van der Waals surface area contributed by atoms with Crippen molar-refractivity contribution in [2.24, 2.45) is 11.7 Å². The van der Waals surface area contributed by atoms with Crippen LogP contribution in [-0.4, -0.2) is 29.8 Å². The maximum absolute atomic E-state index is 8.93. The second-order valence-electron chi connectivity index (χ2n) is 4.85. The molecule has 0 spiro atoms. The van der Waals surface area contributed by atoms with Crippen LogP contribution in [0.2, 0.25) is 0 Å². The molecule has 0 bridgehead atoms. The largest absolute Gasteiger partial charge is 0.396 e. The average Bonchev–Trinajstić information content (AvgIpc) is 2.78. The number of nitrogens with two attached hydrogens (primary N) is 1. The van der Waals surface area contributed by atoms with Crippen LogP contribution in [0.5, 0.6) is 0 Å². The number of nitrogens with zero attached hydrogens (tertiary/aromatic N) is 2. The van der Waals surface area contributed by atoms with E-state index in [2.05, 4.69) is 9.88 Å². The van der Waals surface area contributed by atoms with E-state index in [0.29, 0.717) is 5.92 Å². The molecular formula is C13H21N3O. The summed E-state index contributed by atoms with van der Waals surface area (Å²) in [4.78, 5) is 6.74. The van der Waals surface area contributed by atoms with E-state index in [1.54, 1.807) is 0 Å². The van der Waals surface area contributed by atoms with Crippen LogP contribution in [-0.2, 0) is 0 Å². The zero-order chi connectivity index (χ0) is 12.3. The molecule has 2 rings (SSSR count). The fraction of sp³-hybridized carbons (Fsp3) is 0.615. The number of anilines is 1. The van der Waals surface area contributed by atoms with Gasteiger partial charge in [0.2, 0.25) is 0 Å². The molecule has 0 radical (unpaired) electrons. The smallest absolute Gasteiger partial charge is 0.128 e. The zero-order valence-corrected chi connectivity index (χ0v) is 10.3. The number of aliphatic hydroxyl groups excluding tert-OH is 1. The van der Waals surface area contributed by atoms with Crippen molar-refractivity contribution in [1.82, 2.24) is 4.98 Å². The van der Waals surface area contributed by atoms with E-state index in [9.17, 15) is 0 Å². The summed E-state index contributed by atoms with van der Waals surface area (Å²) in [6, 6.07) is 4.13. The molecule has 2 atom stereocenters. The number of pyridine rings is 1. The van der Waals surface area contributed by atoms with Gasteiger partial charge in [-0.25, -0.2) is 4.98 Å². The summed E-state index contributed by atoms with van der Waals surface area (Å²) in [5.74, 6) is 1.63. The van der Waals surface area contributed by atoms with Crippen molar-refractivity contribution in [1.29, 1.82) is 0 Å². The van der Waals surface area contributed by atoms with Crippen LogP contribution in [0.1, 0.15) is 31.4 Å². The van der Waals surface area contributed by atoms with Gasteiger partial charge >= 0.3 is 0 Å². The first-order chi connectivity index (χ1) is 8.20. The van der Waals surface area contributed by atoms with Crippen LogP contribution in [0.15, 0.2) is 18.3 Å². The second kappa shape index (κ2) is 5.47. The summed E-state index contributed by atoms with van der Waals surface area (Å²) in [5, 5.41) is 8.93. The molecule has 1 saturated heterocycles. The van der Waals surface area contributed by atoms with E-state index < -0.39 is 0 Å². The highest BCUT2D eigenvalue weighted by Crippen LogP contribution is 2.24. The van der Waals surface area contributed by atoms with E-state index in [1.165, 1.54) is 0 Å². The molecule has 0 saturated carbocycles. The van der Waals surface area contributed by atoms with E-state index in [4.69, 9.17) is 10.8 Å². The van der Waals surface area contributed by atoms with Crippen molar-refractivity contribution in [3.63, 3.8) is 0 Å². The molecule has 4 heteroatoms. The van der Waals surface area contributed by atoms with Gasteiger partial charge in [0.15, 0.2) is 0 Å². The fourth-order valence-electron chi connectivity index (χ4n) is 2.31. The molecule has 0 aromatic carbocycles. The normalized spacial score (nSPS) is 21.8. The summed E-state index contributed by atoms with van der Waals surface area (Å²) in [6.07, 6.45) is 3.91. The van der Waals surface area contributed by atoms with Gasteiger partial charge in [0.25, 0.3) is 0 Å². The maximum atomic E-state index is 8.93. The predicted molar refractivity (Wildman–Crippen MR) is 68.9 cm³/mol. The molecular weight excluding hydrogens is 214 g/mol. The summed E-state index contributed by atoms with van der Waals surface area (Å²) >= 11 is 0. The summed E-state index contributed by atoms with van der Waals surface area (Å²) < 4.78 is 0. The van der Waals surface area contributed by atoms with E-state index in [1.807, 2.05) is 25.3 Å². The van der Waals surface area contributed by atoms with Gasteiger partial charge in [-0.1, -0.05) is 6.07 Å². The second-order valence-corrected chi connectivity index (χ2v) is 4.85. The van der Waals surface area contributed by atoms with Gasteiger partial charge in [-0.05, 0) is 37.3 Å². The third-order valence-electron chi connectivity index (χ3n) is 3.44. The monoisotopic (exact) mass is 235 g/mol. The Morgan fingerprint density at radius 3 is 3.00 bits per heavy atom. The van der Waals surface area contributed by atoms with Crippen LogP contribution in [0.4, 0.5) is 5.82 Å². The van der Waals surface area contributed by atoms with Gasteiger partial charge in [0.1, 0.15) is 5.82 Å². The van der Waals surface area contributed by atoms with Gasteiger partial charge in [-0.15, -0.1) is 0 Å². The summed E-state index contributed by atoms with van der Waals surface area (Å²) in [7, 11) is 0. The topological polar surface area (TPSA) is 62.4 Å². The number of rotatable bonds is 4. The van der Waals surface area contributed by atoms with Gasteiger partial charge in [0, 0.05) is 31.9 Å². The van der Waals surface area contributed by atoms with Crippen LogP contribution in [0.25, 0.3) is 0 Å². The fourth-order valence-corrected chi connectivity index (χ4v) is 2.31. The molecule has 1 aliphatic heterocycles. The third-order valence-corrected chi connectivity index (χ3v) is 3.44. The van der Waals surface area contributed by atoms with Crippen molar-refractivity contribution in [2.45, 2.75) is 25.8 Å². The Bertz CT molecular complexity index is 350. The first-order valence-corrected chi connectivity index (χ1v) is 6.28. The SMILES string of the molecule is C[C@@H](N)c1ccc(N2CCC(CCO)C2)nc1. The van der Waals surface area contributed by atoms with E-state index >= 15 is 0 Å². The van der Waals surface area contributed by atoms with Crippen molar-refractivity contribution >= 4 is 5.82 Å². The highest BCUT2D eigenvalue weighted by Gasteiger charge is 2.22. The van der Waals surface area contributed by atoms with Crippen molar-refractivity contribution in [2.75, 3.05) is 24.6 Å². The Morgan fingerprint density at radius 1 is 1.59 bits per heavy atom. The number of hydrogen-bond acceptors (Lipinski definition) is 4. The van der Waals surface area contributed by atoms with Crippen LogP contribution in [0.3, 0.4) is 0 Å². The van der Waals surface area contributed by atoms with Crippen LogP contribution in [0, 0.1) is 5.92 Å². The van der Waals surface area contributed by atoms with Gasteiger partial charge in [-0.3, -0.25) is 0 Å². The molecule has 3 N–H and O–H groups in total. The molecule has 4 nitrogen and oxygen atoms in total. The molecule has 0 aliphatic carbocycles. The molecule has 1 unspecified atom stereocenters. The highest BCUT2D eigenvalue weighted by molar-refractivity contribution is 5.40. The Hall–Kier alpha value is -1.13. The molecule has 1 aliphatic rings. The van der Waals surface area contributed by atoms with Gasteiger partial charge in [-0.2, -0.15) is 0 Å². The van der Waals surface area contributed by atoms with Crippen molar-refractivity contribution in [3.05, 3.63) is 23.9 Å². The molecule has 0 amide bonds. The Balaban J connectivity index is 1.99. The summed E-state index contributed by atoms with van der Waals surface area (Å²) in [6.45, 7) is 4.29. The lowest BCUT2D eigenvalue weighted by molar-refractivity contribution is 0.263. The minimum Gasteiger partial charge on any atom is -0.396 e. The van der Waals surface area contributed by atoms with Crippen LogP contribution < -0.4 is 10.6 Å². The van der Waals surface area contributed by atoms with Crippen molar-refractivity contribution < 1.29 is 5.11 Å². The zero-order valence-electron chi connectivity index (χ0n) is 10.3. The number of hydrogen-bond donors (Lipinski definition) is 2. The third kappa shape index (κ3) is 2.96. The molecule has 2 heterocycles. The van der Waals surface area contributed by atoms with E-state index in [0.717, 1.165) is 37.3 Å². The van der Waals surface area contributed by atoms with Crippen LogP contribution >= 0.6 is 0 Å². The number of aliphatic hydroxyl groups is 1. The Labute approximate surface area is 102 Å². The first-order valence-electron chi connectivity index (χ1n) is 6.28. The Morgan fingerprint density at radius 2 is 2.41 bits per heavy atom. The predicted octanol–water partition coefficient (Wildman–Crippen LogP) is 1.31. The minimum atomic E-state index is 0.0391. The van der Waals surface area contributed by atoms with Gasteiger partial charge in [0.05, 0.1) is 0 Å². The molecule has 1 aromatic rings. The number of aromatic nitrogens is 1. The molecule has 17 heavy (non-hydrogen) atoms. The van der Waals surface area contributed by atoms with E-state index in [-0.39, 0.29) is 12.6 Å². The lowest BCUT2D eigenvalue weighted by Gasteiger charge is -2.18. The average molecular weight is 235 g/mol. The lowest BCUT2D eigenvalue weighted by atomic mass is 10.1. The molecule has 94 valence electrons. The Kier molecular flexibility index (Phi) is 3.97. The summed E-state index contributed by atoms with van der Waals surface area (Å²) in [5.41, 5.74) is 6.87. The maximum Gasteiger partial charge on any atom is 0.128 e. The molecule has 1 aromatic heterocycles. The highest BCUT2D eigenvalue weighted by atomic mass is 16.3. The van der Waals surface area contributed by atoms with Gasteiger partial charge < -0.3 is 15.7 Å². The first kappa shape index (κ1) is 12.3. The lowest BCUT2D eigenvalue weighted by Crippen LogP contribution is -2.21. The quantitative estimate of drug-likeness (QED) is 0.826. The molecule has 1 fully saturated rings.